The topological polar surface area (TPSA) is 0 Å². The number of hydrogen-bond acceptors (Lipinski definition) is 0. The third-order valence-corrected chi connectivity index (χ3v) is 3.31. The molecule has 4 heteroatoms. The van der Waals surface area contributed by atoms with Crippen molar-refractivity contribution in [3.63, 3.8) is 0 Å². The van der Waals surface area contributed by atoms with Gasteiger partial charge in [0.1, 0.15) is 0 Å². The molecule has 0 saturated carbocycles. The third-order valence-electron chi connectivity index (χ3n) is 2.78. The van der Waals surface area contributed by atoms with E-state index in [0.29, 0.717) is 5.57 Å². The molecule has 0 aliphatic rings. The van der Waals surface area contributed by atoms with Crippen molar-refractivity contribution in [1.82, 2.24) is 0 Å². The number of alkyl halides is 3. The highest BCUT2D eigenvalue weighted by Gasteiger charge is 2.25. The quantitative estimate of drug-likeness (QED) is 0.659. The van der Waals surface area contributed by atoms with Gasteiger partial charge in [-0.1, -0.05) is 64.5 Å². The molecule has 0 fully saturated rings. The Bertz CT molecular complexity index is 583. The number of hydrogen-bond donors (Lipinski definition) is 0. The minimum Gasteiger partial charge on any atom is -0.171 e. The summed E-state index contributed by atoms with van der Waals surface area (Å²) in [6, 6.07) is 16.3. The van der Waals surface area contributed by atoms with Gasteiger partial charge < -0.3 is 0 Å². The predicted octanol–water partition coefficient (Wildman–Crippen LogP) is 5.83. The molecule has 2 rings (SSSR count). The molecule has 0 aromatic heterocycles. The van der Waals surface area contributed by atoms with Crippen LogP contribution in [0.15, 0.2) is 65.1 Å². The first-order chi connectivity index (χ1) is 9.46. The van der Waals surface area contributed by atoms with E-state index in [1.807, 2.05) is 42.5 Å². The fraction of sp³-hybridized carbons (Fsp3) is 0.125. The normalized spacial score (nSPS) is 12.5. The van der Waals surface area contributed by atoms with E-state index in [-0.39, 0.29) is 0 Å². The van der Waals surface area contributed by atoms with Gasteiger partial charge in [-0.3, -0.25) is 0 Å². The van der Waals surface area contributed by atoms with E-state index < -0.39 is 12.6 Å². The van der Waals surface area contributed by atoms with E-state index in [0.717, 1.165) is 15.6 Å². The molecule has 0 nitrogen and oxygen atoms in total. The van der Waals surface area contributed by atoms with Crippen molar-refractivity contribution in [1.29, 1.82) is 0 Å². The van der Waals surface area contributed by atoms with Crippen LogP contribution in [0.3, 0.4) is 0 Å². The van der Waals surface area contributed by atoms with Crippen LogP contribution in [-0.4, -0.2) is 6.18 Å². The highest BCUT2D eigenvalue weighted by Crippen LogP contribution is 2.28. The Morgan fingerprint density at radius 2 is 1.45 bits per heavy atom. The lowest BCUT2D eigenvalue weighted by Crippen LogP contribution is -2.05. The zero-order valence-electron chi connectivity index (χ0n) is 10.5. The van der Waals surface area contributed by atoms with Crippen LogP contribution in [0.1, 0.15) is 17.5 Å². The van der Waals surface area contributed by atoms with E-state index in [1.54, 1.807) is 12.1 Å². The molecule has 0 unspecified atom stereocenters. The van der Waals surface area contributed by atoms with Crippen LogP contribution in [0.5, 0.6) is 0 Å². The minimum atomic E-state index is -4.20. The van der Waals surface area contributed by atoms with Crippen molar-refractivity contribution in [2.75, 3.05) is 0 Å². The molecule has 2 aromatic rings. The molecule has 0 aliphatic carbocycles. The molecule has 0 amide bonds. The first-order valence-corrected chi connectivity index (χ1v) is 6.83. The molecule has 0 aliphatic heterocycles. The van der Waals surface area contributed by atoms with E-state index in [1.165, 1.54) is 6.08 Å². The second-order valence-electron chi connectivity index (χ2n) is 4.31. The van der Waals surface area contributed by atoms with Crippen molar-refractivity contribution >= 4 is 21.5 Å². The first kappa shape index (κ1) is 14.9. The molecule has 0 saturated heterocycles. The van der Waals surface area contributed by atoms with E-state index in [2.05, 4.69) is 15.9 Å². The van der Waals surface area contributed by atoms with Crippen LogP contribution in [0.4, 0.5) is 13.2 Å². The SMILES string of the molecule is FC(F)(F)CC=C(c1ccccc1)c1ccc(Br)cc1. The van der Waals surface area contributed by atoms with Crippen molar-refractivity contribution in [2.24, 2.45) is 0 Å². The number of benzene rings is 2. The van der Waals surface area contributed by atoms with E-state index >= 15 is 0 Å². The third kappa shape index (κ3) is 4.23. The molecule has 0 atom stereocenters. The summed E-state index contributed by atoms with van der Waals surface area (Å²) >= 11 is 3.32. The fourth-order valence-electron chi connectivity index (χ4n) is 1.87. The van der Waals surface area contributed by atoms with Gasteiger partial charge in [0, 0.05) is 4.47 Å². The second-order valence-corrected chi connectivity index (χ2v) is 5.23. The Kier molecular flexibility index (Phi) is 4.65. The zero-order chi connectivity index (χ0) is 14.6. The summed E-state index contributed by atoms with van der Waals surface area (Å²) in [5.74, 6) is 0. The monoisotopic (exact) mass is 340 g/mol. The van der Waals surface area contributed by atoms with Crippen LogP contribution in [0, 0.1) is 0 Å². The predicted molar refractivity (Wildman–Crippen MR) is 78.3 cm³/mol. The lowest BCUT2D eigenvalue weighted by atomic mass is 9.97. The van der Waals surface area contributed by atoms with Gasteiger partial charge in [-0.15, -0.1) is 0 Å². The zero-order valence-corrected chi connectivity index (χ0v) is 12.1. The van der Waals surface area contributed by atoms with Crippen LogP contribution in [0.2, 0.25) is 0 Å². The van der Waals surface area contributed by atoms with Gasteiger partial charge >= 0.3 is 6.18 Å². The largest absolute Gasteiger partial charge is 0.392 e. The molecule has 2 aromatic carbocycles. The van der Waals surface area contributed by atoms with Gasteiger partial charge in [0.25, 0.3) is 0 Å². The van der Waals surface area contributed by atoms with Crippen molar-refractivity contribution in [3.8, 4) is 0 Å². The maximum absolute atomic E-state index is 12.5. The summed E-state index contributed by atoms with van der Waals surface area (Å²) in [6.45, 7) is 0. The number of rotatable bonds is 3. The van der Waals surface area contributed by atoms with E-state index in [9.17, 15) is 13.2 Å². The lowest BCUT2D eigenvalue weighted by molar-refractivity contribution is -0.124. The molecule has 0 spiro atoms. The highest BCUT2D eigenvalue weighted by atomic mass is 79.9. The van der Waals surface area contributed by atoms with Gasteiger partial charge in [0.05, 0.1) is 6.42 Å². The molecular formula is C16H12BrF3. The first-order valence-electron chi connectivity index (χ1n) is 6.04. The Hall–Kier alpha value is -1.55. The van der Waals surface area contributed by atoms with Crippen molar-refractivity contribution in [2.45, 2.75) is 12.6 Å². The molecule has 0 N–H and O–H groups in total. The Morgan fingerprint density at radius 3 is 2.00 bits per heavy atom. The smallest absolute Gasteiger partial charge is 0.171 e. The van der Waals surface area contributed by atoms with Gasteiger partial charge in [-0.25, -0.2) is 0 Å². The Morgan fingerprint density at radius 1 is 0.900 bits per heavy atom. The van der Waals surface area contributed by atoms with Gasteiger partial charge in [0.15, 0.2) is 0 Å². The summed E-state index contributed by atoms with van der Waals surface area (Å²) in [7, 11) is 0. The Labute approximate surface area is 124 Å². The Balaban J connectivity index is 2.42. The molecule has 104 valence electrons. The maximum Gasteiger partial charge on any atom is 0.392 e. The molecule has 0 bridgehead atoms. The van der Waals surface area contributed by atoms with Gasteiger partial charge in [-0.2, -0.15) is 13.2 Å². The molecule has 0 heterocycles. The van der Waals surface area contributed by atoms with Crippen LogP contribution >= 0.6 is 15.9 Å². The van der Waals surface area contributed by atoms with Gasteiger partial charge in [-0.05, 0) is 28.8 Å². The van der Waals surface area contributed by atoms with Crippen LogP contribution in [0.25, 0.3) is 5.57 Å². The highest BCUT2D eigenvalue weighted by molar-refractivity contribution is 9.10. The number of allylic oxidation sites excluding steroid dienone is 1. The summed E-state index contributed by atoms with van der Waals surface area (Å²) in [5, 5.41) is 0. The van der Waals surface area contributed by atoms with Crippen LogP contribution in [-0.2, 0) is 0 Å². The summed E-state index contributed by atoms with van der Waals surface area (Å²) in [5.41, 5.74) is 2.14. The minimum absolute atomic E-state index is 0.593. The van der Waals surface area contributed by atoms with Gasteiger partial charge in [0.2, 0.25) is 0 Å². The molecule has 20 heavy (non-hydrogen) atoms. The van der Waals surface area contributed by atoms with Crippen molar-refractivity contribution < 1.29 is 13.2 Å². The summed E-state index contributed by atoms with van der Waals surface area (Å²) in [4.78, 5) is 0. The summed E-state index contributed by atoms with van der Waals surface area (Å²) < 4.78 is 38.3. The maximum atomic E-state index is 12.5. The fourth-order valence-corrected chi connectivity index (χ4v) is 2.13. The number of halogens is 4. The lowest BCUT2D eigenvalue weighted by Gasteiger charge is -2.10. The average Bonchev–Trinajstić information content (AvgIpc) is 2.41. The van der Waals surface area contributed by atoms with Crippen LogP contribution < -0.4 is 0 Å². The molecule has 0 radical (unpaired) electrons. The van der Waals surface area contributed by atoms with E-state index in [4.69, 9.17) is 0 Å². The summed E-state index contributed by atoms with van der Waals surface area (Å²) in [6.07, 6.45) is -3.90. The van der Waals surface area contributed by atoms with Crippen molar-refractivity contribution in [3.05, 3.63) is 76.3 Å². The second kappa shape index (κ2) is 6.27. The standard InChI is InChI=1S/C16H12BrF3/c17-14-8-6-13(7-9-14)15(10-11-16(18,19)20)12-4-2-1-3-5-12/h1-10H,11H2. The average molecular weight is 341 g/mol. The molecular weight excluding hydrogens is 329 g/mol.